The summed E-state index contributed by atoms with van der Waals surface area (Å²) in [6.45, 7) is 4.32. The highest BCUT2D eigenvalue weighted by atomic mass is 79.9. The van der Waals surface area contributed by atoms with Crippen molar-refractivity contribution in [3.63, 3.8) is 0 Å². The van der Waals surface area contributed by atoms with Crippen LogP contribution in [0, 0.1) is 17.2 Å². The zero-order valence-corrected chi connectivity index (χ0v) is 11.7. The predicted octanol–water partition coefficient (Wildman–Crippen LogP) is 3.14. The summed E-state index contributed by atoms with van der Waals surface area (Å²) >= 11 is 3.36. The molecule has 0 fully saturated rings. The molecule has 0 aliphatic heterocycles. The van der Waals surface area contributed by atoms with Gasteiger partial charge in [0.2, 0.25) is 0 Å². The lowest BCUT2D eigenvalue weighted by atomic mass is 10.0. The minimum absolute atomic E-state index is 0.0239. The third-order valence-corrected chi connectivity index (χ3v) is 2.83. The van der Waals surface area contributed by atoms with Gasteiger partial charge < -0.3 is 10.4 Å². The summed E-state index contributed by atoms with van der Waals surface area (Å²) in [7, 11) is 0. The molecular weight excluding hydrogens is 280 g/mol. The smallest absolute Gasteiger partial charge is 0.0992 e. The highest BCUT2D eigenvalue weighted by molar-refractivity contribution is 9.10. The average Bonchev–Trinajstić information content (AvgIpc) is 2.26. The number of nitrogens with one attached hydrogen (secondary N) is 1. The van der Waals surface area contributed by atoms with Gasteiger partial charge in [-0.2, -0.15) is 5.26 Å². The van der Waals surface area contributed by atoms with Crippen molar-refractivity contribution in [1.82, 2.24) is 0 Å². The molecule has 92 valence electrons. The predicted molar refractivity (Wildman–Crippen MR) is 72.8 cm³/mol. The molecule has 2 N–H and O–H groups in total. The lowest BCUT2D eigenvalue weighted by Crippen LogP contribution is -2.25. The first-order chi connectivity index (χ1) is 8.05. The first kappa shape index (κ1) is 14.0. The highest BCUT2D eigenvalue weighted by Crippen LogP contribution is 2.21. The molecule has 0 spiro atoms. The largest absolute Gasteiger partial charge is 0.394 e. The van der Waals surface area contributed by atoms with Crippen molar-refractivity contribution in [2.75, 3.05) is 11.9 Å². The van der Waals surface area contributed by atoms with Crippen LogP contribution in [-0.4, -0.2) is 17.8 Å². The second-order valence-corrected chi connectivity index (χ2v) is 5.41. The number of benzene rings is 1. The number of rotatable bonds is 5. The van der Waals surface area contributed by atoms with Gasteiger partial charge in [0, 0.05) is 16.2 Å². The van der Waals surface area contributed by atoms with Crippen molar-refractivity contribution >= 4 is 21.6 Å². The Morgan fingerprint density at radius 3 is 2.65 bits per heavy atom. The second kappa shape index (κ2) is 6.63. The van der Waals surface area contributed by atoms with Crippen molar-refractivity contribution in [3.05, 3.63) is 28.2 Å². The summed E-state index contributed by atoms with van der Waals surface area (Å²) in [4.78, 5) is 0. The number of hydrogen-bond donors (Lipinski definition) is 2. The summed E-state index contributed by atoms with van der Waals surface area (Å²) in [5.74, 6) is 0.516. The summed E-state index contributed by atoms with van der Waals surface area (Å²) in [5.41, 5.74) is 1.46. The van der Waals surface area contributed by atoms with E-state index in [1.807, 2.05) is 6.07 Å². The molecule has 0 amide bonds. The number of anilines is 1. The molecule has 0 heterocycles. The van der Waals surface area contributed by atoms with Gasteiger partial charge in [-0.1, -0.05) is 29.8 Å². The van der Waals surface area contributed by atoms with E-state index in [9.17, 15) is 5.11 Å². The fourth-order valence-electron chi connectivity index (χ4n) is 1.72. The van der Waals surface area contributed by atoms with Crippen LogP contribution < -0.4 is 5.32 Å². The van der Waals surface area contributed by atoms with Crippen molar-refractivity contribution in [3.8, 4) is 6.07 Å². The molecule has 0 saturated heterocycles. The van der Waals surface area contributed by atoms with Crippen LogP contribution in [0.1, 0.15) is 25.8 Å². The Morgan fingerprint density at radius 1 is 1.41 bits per heavy atom. The second-order valence-electron chi connectivity index (χ2n) is 4.49. The third-order valence-electron chi connectivity index (χ3n) is 2.37. The number of halogens is 1. The Morgan fingerprint density at radius 2 is 2.12 bits per heavy atom. The van der Waals surface area contributed by atoms with Crippen LogP contribution in [0.2, 0.25) is 0 Å². The number of hydrogen-bond acceptors (Lipinski definition) is 3. The maximum absolute atomic E-state index is 9.29. The van der Waals surface area contributed by atoms with E-state index in [4.69, 9.17) is 5.26 Å². The Labute approximate surface area is 111 Å². The van der Waals surface area contributed by atoms with Gasteiger partial charge >= 0.3 is 0 Å². The molecule has 3 nitrogen and oxygen atoms in total. The number of nitriles is 1. The van der Waals surface area contributed by atoms with Gasteiger partial charge in [-0.25, -0.2) is 0 Å². The van der Waals surface area contributed by atoms with Crippen LogP contribution in [-0.2, 0) is 0 Å². The molecule has 1 atom stereocenters. The maximum atomic E-state index is 9.29. The van der Waals surface area contributed by atoms with Gasteiger partial charge in [0.05, 0.1) is 18.2 Å². The molecule has 1 unspecified atom stereocenters. The Hall–Kier alpha value is -1.05. The Kier molecular flexibility index (Phi) is 5.46. The molecule has 1 aromatic rings. The van der Waals surface area contributed by atoms with E-state index in [0.29, 0.717) is 11.5 Å². The van der Waals surface area contributed by atoms with Gasteiger partial charge in [0.1, 0.15) is 0 Å². The summed E-state index contributed by atoms with van der Waals surface area (Å²) in [6, 6.07) is 7.59. The summed E-state index contributed by atoms with van der Waals surface area (Å²) < 4.78 is 0.861. The zero-order chi connectivity index (χ0) is 12.8. The fraction of sp³-hybridized carbons (Fsp3) is 0.462. The van der Waals surface area contributed by atoms with Gasteiger partial charge in [-0.3, -0.25) is 0 Å². The van der Waals surface area contributed by atoms with Crippen LogP contribution in [0.15, 0.2) is 22.7 Å². The lowest BCUT2D eigenvalue weighted by molar-refractivity contribution is 0.259. The average molecular weight is 297 g/mol. The van der Waals surface area contributed by atoms with Crippen molar-refractivity contribution < 1.29 is 5.11 Å². The molecule has 0 radical (unpaired) electrons. The normalized spacial score (nSPS) is 12.2. The van der Waals surface area contributed by atoms with Crippen molar-refractivity contribution in [2.24, 2.45) is 5.92 Å². The van der Waals surface area contributed by atoms with Crippen molar-refractivity contribution in [2.45, 2.75) is 26.3 Å². The zero-order valence-electron chi connectivity index (χ0n) is 10.1. The first-order valence-electron chi connectivity index (χ1n) is 5.63. The van der Waals surface area contributed by atoms with Crippen molar-refractivity contribution in [1.29, 1.82) is 5.26 Å². The molecule has 4 heteroatoms. The van der Waals surface area contributed by atoms with Crippen LogP contribution in [0.25, 0.3) is 0 Å². The molecule has 0 aliphatic rings. The maximum Gasteiger partial charge on any atom is 0.0992 e. The van der Waals surface area contributed by atoms with E-state index in [2.05, 4.69) is 41.2 Å². The van der Waals surface area contributed by atoms with E-state index in [-0.39, 0.29) is 12.6 Å². The Balaban J connectivity index is 2.79. The van der Waals surface area contributed by atoms with Gasteiger partial charge in [0.25, 0.3) is 0 Å². The SMILES string of the molecule is CC(C)CC(CO)Nc1cc(Br)cc(C#N)c1. The van der Waals surface area contributed by atoms with Crippen LogP contribution >= 0.6 is 15.9 Å². The van der Waals surface area contributed by atoms with E-state index < -0.39 is 0 Å². The monoisotopic (exact) mass is 296 g/mol. The van der Waals surface area contributed by atoms with Gasteiger partial charge in [0.15, 0.2) is 0 Å². The molecular formula is C13H17BrN2O. The highest BCUT2D eigenvalue weighted by Gasteiger charge is 2.10. The van der Waals surface area contributed by atoms with E-state index in [0.717, 1.165) is 16.6 Å². The number of aliphatic hydroxyl groups is 1. The summed E-state index contributed by atoms with van der Waals surface area (Å²) in [5, 5.41) is 21.4. The molecule has 0 aliphatic carbocycles. The molecule has 1 rings (SSSR count). The third kappa shape index (κ3) is 4.76. The molecule has 0 aromatic heterocycles. The van der Waals surface area contributed by atoms with Gasteiger partial charge in [-0.05, 0) is 30.5 Å². The van der Waals surface area contributed by atoms with Crippen LogP contribution in [0.5, 0.6) is 0 Å². The lowest BCUT2D eigenvalue weighted by Gasteiger charge is -2.19. The quantitative estimate of drug-likeness (QED) is 0.878. The molecule has 0 bridgehead atoms. The first-order valence-corrected chi connectivity index (χ1v) is 6.42. The minimum atomic E-state index is 0.0239. The fourth-order valence-corrected chi connectivity index (χ4v) is 2.21. The summed E-state index contributed by atoms with van der Waals surface area (Å²) in [6.07, 6.45) is 0.894. The van der Waals surface area contributed by atoms with Gasteiger partial charge in [-0.15, -0.1) is 0 Å². The number of nitrogens with zero attached hydrogens (tertiary/aromatic N) is 1. The van der Waals surface area contributed by atoms with Crippen LogP contribution in [0.3, 0.4) is 0 Å². The molecule has 0 saturated carbocycles. The Bertz CT molecular complexity index is 412. The minimum Gasteiger partial charge on any atom is -0.394 e. The standard InChI is InChI=1S/C13H17BrN2O/c1-9(2)3-13(8-17)16-12-5-10(7-15)4-11(14)6-12/h4-6,9,13,16-17H,3,8H2,1-2H3. The molecule has 17 heavy (non-hydrogen) atoms. The topological polar surface area (TPSA) is 56.0 Å². The van der Waals surface area contributed by atoms with E-state index >= 15 is 0 Å². The number of aliphatic hydroxyl groups excluding tert-OH is 1. The van der Waals surface area contributed by atoms with Crippen LogP contribution in [0.4, 0.5) is 5.69 Å². The molecule has 1 aromatic carbocycles. The van der Waals surface area contributed by atoms with E-state index in [1.54, 1.807) is 12.1 Å². The van der Waals surface area contributed by atoms with E-state index in [1.165, 1.54) is 0 Å².